The Morgan fingerprint density at radius 1 is 1.28 bits per heavy atom. The molecule has 1 atom stereocenters. The van der Waals surface area contributed by atoms with Crippen molar-refractivity contribution in [2.24, 2.45) is 5.92 Å². The zero-order valence-electron chi connectivity index (χ0n) is 13.9. The number of carbonyl (C=O) groups is 1. The summed E-state index contributed by atoms with van der Waals surface area (Å²) >= 11 is 0. The van der Waals surface area contributed by atoms with Crippen LogP contribution < -0.4 is 5.32 Å². The summed E-state index contributed by atoms with van der Waals surface area (Å²) in [4.78, 5) is 20.8. The van der Waals surface area contributed by atoms with Crippen LogP contribution in [0.2, 0.25) is 0 Å². The zero-order valence-corrected chi connectivity index (χ0v) is 13.9. The number of aromatic nitrogens is 3. The molecule has 3 rings (SSSR count). The molecule has 0 aliphatic carbocycles. The van der Waals surface area contributed by atoms with Gasteiger partial charge in [-0.25, -0.2) is 13.8 Å². The lowest BCUT2D eigenvalue weighted by atomic mass is 10.0. The highest BCUT2D eigenvalue weighted by Gasteiger charge is 2.26. The molecular formula is C18H18F2N4O. The fraction of sp³-hybridized carbons (Fsp3) is 0.278. The summed E-state index contributed by atoms with van der Waals surface area (Å²) in [5, 5.41) is 2.86. The number of fused-ring (bicyclic) bond motifs is 1. The maximum Gasteiger partial charge on any atom is 0.243 e. The molecule has 25 heavy (non-hydrogen) atoms. The minimum Gasteiger partial charge on any atom is -0.350 e. The van der Waals surface area contributed by atoms with Crippen LogP contribution in [0, 0.1) is 17.6 Å². The average molecular weight is 344 g/mol. The maximum atomic E-state index is 13.6. The maximum absolute atomic E-state index is 13.6. The first-order chi connectivity index (χ1) is 12.0. The highest BCUT2D eigenvalue weighted by Crippen LogP contribution is 2.25. The lowest BCUT2D eigenvalue weighted by Gasteiger charge is -2.22. The summed E-state index contributed by atoms with van der Waals surface area (Å²) < 4.78 is 28.6. The smallest absolute Gasteiger partial charge is 0.243 e. The van der Waals surface area contributed by atoms with Gasteiger partial charge in [-0.2, -0.15) is 0 Å². The fourth-order valence-corrected chi connectivity index (χ4v) is 2.79. The quantitative estimate of drug-likeness (QED) is 0.773. The van der Waals surface area contributed by atoms with Gasteiger partial charge < -0.3 is 9.88 Å². The highest BCUT2D eigenvalue weighted by molar-refractivity contribution is 5.84. The number of hydrogen-bond acceptors (Lipinski definition) is 3. The molecule has 3 aromatic rings. The molecule has 2 heterocycles. The van der Waals surface area contributed by atoms with E-state index in [0.29, 0.717) is 17.6 Å². The van der Waals surface area contributed by atoms with E-state index in [0.717, 1.165) is 17.7 Å². The van der Waals surface area contributed by atoms with Gasteiger partial charge in [0.1, 0.15) is 6.04 Å². The molecule has 7 heteroatoms. The summed E-state index contributed by atoms with van der Waals surface area (Å²) in [6.45, 7) is 4.12. The topological polar surface area (TPSA) is 59.8 Å². The summed E-state index contributed by atoms with van der Waals surface area (Å²) in [6.07, 6.45) is 4.78. The lowest BCUT2D eigenvalue weighted by molar-refractivity contribution is -0.125. The van der Waals surface area contributed by atoms with E-state index < -0.39 is 17.7 Å². The molecule has 1 N–H and O–H groups in total. The second kappa shape index (κ2) is 6.96. The molecule has 0 aliphatic heterocycles. The van der Waals surface area contributed by atoms with Crippen molar-refractivity contribution in [1.29, 1.82) is 0 Å². The summed E-state index contributed by atoms with van der Waals surface area (Å²) in [6, 6.07) is 5.17. The third kappa shape index (κ3) is 3.50. The molecule has 1 amide bonds. The van der Waals surface area contributed by atoms with Crippen molar-refractivity contribution in [2.45, 2.75) is 26.4 Å². The Kier molecular flexibility index (Phi) is 4.74. The molecule has 1 aromatic carbocycles. The second-order valence-corrected chi connectivity index (χ2v) is 6.17. The van der Waals surface area contributed by atoms with Crippen LogP contribution >= 0.6 is 0 Å². The van der Waals surface area contributed by atoms with E-state index in [2.05, 4.69) is 15.3 Å². The molecule has 0 unspecified atom stereocenters. The van der Waals surface area contributed by atoms with Gasteiger partial charge in [-0.15, -0.1) is 0 Å². The fourth-order valence-electron chi connectivity index (χ4n) is 2.79. The molecule has 0 bridgehead atoms. The van der Waals surface area contributed by atoms with Crippen molar-refractivity contribution >= 4 is 16.9 Å². The van der Waals surface area contributed by atoms with Gasteiger partial charge in [0.05, 0.1) is 17.4 Å². The van der Waals surface area contributed by atoms with Crippen molar-refractivity contribution in [2.75, 3.05) is 0 Å². The van der Waals surface area contributed by atoms with Gasteiger partial charge in [-0.3, -0.25) is 9.78 Å². The predicted molar refractivity (Wildman–Crippen MR) is 89.6 cm³/mol. The molecule has 130 valence electrons. The number of pyridine rings is 1. The molecule has 0 fully saturated rings. The van der Waals surface area contributed by atoms with Gasteiger partial charge in [-0.05, 0) is 17.5 Å². The average Bonchev–Trinajstić information content (AvgIpc) is 2.97. The third-order valence-corrected chi connectivity index (χ3v) is 4.01. The Morgan fingerprint density at radius 2 is 2.04 bits per heavy atom. The Bertz CT molecular complexity index is 893. The largest absolute Gasteiger partial charge is 0.350 e. The monoisotopic (exact) mass is 344 g/mol. The number of nitrogens with one attached hydrogen (secondary N) is 1. The highest BCUT2D eigenvalue weighted by atomic mass is 19.2. The van der Waals surface area contributed by atoms with Gasteiger partial charge in [0.15, 0.2) is 11.6 Å². The summed E-state index contributed by atoms with van der Waals surface area (Å²) in [5.74, 6) is -2.21. The van der Waals surface area contributed by atoms with E-state index in [1.54, 1.807) is 23.0 Å². The van der Waals surface area contributed by atoms with Crippen LogP contribution in [0.15, 0.2) is 43.0 Å². The van der Waals surface area contributed by atoms with Crippen molar-refractivity contribution in [3.63, 3.8) is 0 Å². The van der Waals surface area contributed by atoms with Crippen molar-refractivity contribution in [3.8, 4) is 0 Å². The normalized spacial score (nSPS) is 12.5. The van der Waals surface area contributed by atoms with Gasteiger partial charge in [0.2, 0.25) is 5.91 Å². The Hall–Kier alpha value is -2.83. The number of imidazole rings is 1. The first-order valence-electron chi connectivity index (χ1n) is 7.95. The van der Waals surface area contributed by atoms with Crippen LogP contribution in [0.5, 0.6) is 0 Å². The first kappa shape index (κ1) is 17.0. The van der Waals surface area contributed by atoms with Crippen LogP contribution in [0.4, 0.5) is 8.78 Å². The minimum absolute atomic E-state index is 0.0700. The van der Waals surface area contributed by atoms with Gasteiger partial charge in [0, 0.05) is 31.1 Å². The lowest BCUT2D eigenvalue weighted by Crippen LogP contribution is -2.34. The molecular weight excluding hydrogens is 326 g/mol. The van der Waals surface area contributed by atoms with E-state index >= 15 is 0 Å². The van der Waals surface area contributed by atoms with Crippen LogP contribution in [-0.2, 0) is 11.3 Å². The molecule has 0 saturated heterocycles. The predicted octanol–water partition coefficient (Wildman–Crippen LogP) is 3.22. The zero-order chi connectivity index (χ0) is 18.0. The van der Waals surface area contributed by atoms with Crippen molar-refractivity contribution in [1.82, 2.24) is 19.9 Å². The Balaban J connectivity index is 1.88. The van der Waals surface area contributed by atoms with Crippen LogP contribution in [0.3, 0.4) is 0 Å². The molecule has 0 spiro atoms. The molecule has 0 saturated carbocycles. The molecule has 2 aromatic heterocycles. The van der Waals surface area contributed by atoms with E-state index in [9.17, 15) is 13.6 Å². The number of carbonyl (C=O) groups excluding carboxylic acids is 1. The first-order valence-corrected chi connectivity index (χ1v) is 7.95. The summed E-state index contributed by atoms with van der Waals surface area (Å²) in [7, 11) is 0. The number of hydrogen-bond donors (Lipinski definition) is 1. The minimum atomic E-state index is -0.965. The molecule has 5 nitrogen and oxygen atoms in total. The standard InChI is InChI=1S/C18H18F2N4O/c1-11(2)17(18(25)22-9-12-4-3-5-21-8-12)24-10-23-15-6-13(19)14(20)7-16(15)24/h3-8,10-11,17H,9H2,1-2H3,(H,22,25)/t17-/m1/s1. The molecule has 0 radical (unpaired) electrons. The second-order valence-electron chi connectivity index (χ2n) is 6.17. The van der Waals surface area contributed by atoms with Crippen molar-refractivity contribution < 1.29 is 13.6 Å². The van der Waals surface area contributed by atoms with E-state index in [1.807, 2.05) is 19.9 Å². The Morgan fingerprint density at radius 3 is 2.72 bits per heavy atom. The molecule has 0 aliphatic rings. The van der Waals surface area contributed by atoms with E-state index in [-0.39, 0.29) is 11.8 Å². The third-order valence-electron chi connectivity index (χ3n) is 4.01. The SMILES string of the molecule is CC(C)[C@H](C(=O)NCc1cccnc1)n1cnc2cc(F)c(F)cc21. The van der Waals surface area contributed by atoms with E-state index in [4.69, 9.17) is 0 Å². The number of amides is 1. The van der Waals surface area contributed by atoms with Crippen LogP contribution in [-0.4, -0.2) is 20.4 Å². The van der Waals surface area contributed by atoms with Crippen LogP contribution in [0.1, 0.15) is 25.5 Å². The Labute approximate surface area is 143 Å². The van der Waals surface area contributed by atoms with Gasteiger partial charge in [-0.1, -0.05) is 19.9 Å². The number of nitrogens with zero attached hydrogens (tertiary/aromatic N) is 3. The number of halogens is 2. The number of benzene rings is 1. The van der Waals surface area contributed by atoms with Crippen LogP contribution in [0.25, 0.3) is 11.0 Å². The van der Waals surface area contributed by atoms with Crippen molar-refractivity contribution in [3.05, 3.63) is 60.2 Å². The van der Waals surface area contributed by atoms with E-state index in [1.165, 1.54) is 6.33 Å². The van der Waals surface area contributed by atoms with Gasteiger partial charge in [0.25, 0.3) is 0 Å². The number of rotatable bonds is 5. The summed E-state index contributed by atoms with van der Waals surface area (Å²) in [5.41, 5.74) is 1.57. The van der Waals surface area contributed by atoms with Gasteiger partial charge >= 0.3 is 0 Å².